The molecule has 0 unspecified atom stereocenters. The van der Waals surface area contributed by atoms with Gasteiger partial charge in [0.2, 0.25) is 0 Å². The summed E-state index contributed by atoms with van der Waals surface area (Å²) in [6.45, 7) is 0. The standard InChI is InChI=1S/C9H3F3N2S2/c10-9(11,12)7-3-6(16-4-13)1-2-8(7)14-5-15/h1-3H. The molecule has 2 nitrogen and oxygen atoms in total. The number of benzene rings is 1. The number of halogens is 3. The number of nitriles is 1. The number of nitrogens with zero attached hydrogens (tertiary/aromatic N) is 2. The number of aliphatic imine (C=N–C) groups is 1. The molecule has 1 aromatic carbocycles. The minimum atomic E-state index is -4.53. The molecule has 0 aromatic heterocycles. The van der Waals surface area contributed by atoms with Crippen molar-refractivity contribution in [2.75, 3.05) is 0 Å². The van der Waals surface area contributed by atoms with Gasteiger partial charge in [0, 0.05) is 4.90 Å². The number of thiocyanates is 1. The van der Waals surface area contributed by atoms with Crippen LogP contribution in [0.25, 0.3) is 0 Å². The molecule has 0 heterocycles. The Labute approximate surface area is 98.8 Å². The van der Waals surface area contributed by atoms with Gasteiger partial charge in [-0.05, 0) is 42.2 Å². The SMILES string of the molecule is N#CSc1ccc(N=C=S)c(C(F)(F)F)c1. The van der Waals surface area contributed by atoms with E-state index in [-0.39, 0.29) is 10.6 Å². The predicted octanol–water partition coefficient (Wildman–Crippen LogP) is 4.01. The molecular formula is C9H3F3N2S2. The first-order chi connectivity index (χ1) is 7.49. The Hall–Kier alpha value is -1.35. The number of alkyl halides is 3. The van der Waals surface area contributed by atoms with Crippen LogP contribution in [0.5, 0.6) is 0 Å². The van der Waals surface area contributed by atoms with Gasteiger partial charge in [-0.2, -0.15) is 23.4 Å². The lowest BCUT2D eigenvalue weighted by molar-refractivity contribution is -0.137. The van der Waals surface area contributed by atoms with Crippen molar-refractivity contribution in [2.24, 2.45) is 4.99 Å². The second kappa shape index (κ2) is 5.12. The van der Waals surface area contributed by atoms with Gasteiger partial charge in [-0.15, -0.1) is 0 Å². The molecule has 0 amide bonds. The van der Waals surface area contributed by atoms with Crippen LogP contribution in [-0.2, 0) is 6.18 Å². The van der Waals surface area contributed by atoms with Crippen molar-refractivity contribution in [3.63, 3.8) is 0 Å². The van der Waals surface area contributed by atoms with Crippen molar-refractivity contribution in [1.29, 1.82) is 5.26 Å². The first kappa shape index (κ1) is 12.7. The molecule has 0 N–H and O–H groups in total. The fraction of sp³-hybridized carbons (Fsp3) is 0.111. The first-order valence-corrected chi connectivity index (χ1v) is 5.06. The molecule has 0 radical (unpaired) electrons. The van der Waals surface area contributed by atoms with Crippen LogP contribution in [0.4, 0.5) is 18.9 Å². The zero-order valence-electron chi connectivity index (χ0n) is 7.58. The van der Waals surface area contributed by atoms with E-state index in [9.17, 15) is 13.2 Å². The molecular weight excluding hydrogens is 257 g/mol. The largest absolute Gasteiger partial charge is 0.418 e. The highest BCUT2D eigenvalue weighted by Gasteiger charge is 2.33. The van der Waals surface area contributed by atoms with Gasteiger partial charge in [0.05, 0.1) is 16.4 Å². The molecule has 0 bridgehead atoms. The fourth-order valence-electron chi connectivity index (χ4n) is 1.01. The third-order valence-corrected chi connectivity index (χ3v) is 2.28. The van der Waals surface area contributed by atoms with Gasteiger partial charge in [-0.3, -0.25) is 0 Å². The number of hydrogen-bond acceptors (Lipinski definition) is 4. The quantitative estimate of drug-likeness (QED) is 0.349. The number of isothiocyanates is 1. The van der Waals surface area contributed by atoms with Gasteiger partial charge in [0.25, 0.3) is 0 Å². The van der Waals surface area contributed by atoms with E-state index in [2.05, 4.69) is 17.2 Å². The Bertz CT molecular complexity index is 485. The Morgan fingerprint density at radius 3 is 2.56 bits per heavy atom. The van der Waals surface area contributed by atoms with Gasteiger partial charge in [-0.25, -0.2) is 0 Å². The fourth-order valence-corrected chi connectivity index (χ4v) is 1.52. The van der Waals surface area contributed by atoms with Gasteiger partial charge in [-0.1, -0.05) is 0 Å². The second-order valence-electron chi connectivity index (χ2n) is 2.57. The van der Waals surface area contributed by atoms with Crippen LogP contribution in [0, 0.1) is 10.7 Å². The highest BCUT2D eigenvalue weighted by molar-refractivity contribution is 8.03. The van der Waals surface area contributed by atoms with Crippen LogP contribution in [0.3, 0.4) is 0 Å². The summed E-state index contributed by atoms with van der Waals surface area (Å²) in [6, 6.07) is 3.38. The summed E-state index contributed by atoms with van der Waals surface area (Å²) in [7, 11) is 0. The molecule has 1 rings (SSSR count). The summed E-state index contributed by atoms with van der Waals surface area (Å²) in [5, 5.41) is 11.9. The van der Waals surface area contributed by atoms with Crippen molar-refractivity contribution in [3.8, 4) is 5.40 Å². The van der Waals surface area contributed by atoms with Crippen molar-refractivity contribution in [2.45, 2.75) is 11.1 Å². The Morgan fingerprint density at radius 2 is 2.06 bits per heavy atom. The molecule has 0 atom stereocenters. The summed E-state index contributed by atoms with van der Waals surface area (Å²) in [6.07, 6.45) is -4.53. The molecule has 0 fully saturated rings. The minimum Gasteiger partial charge on any atom is -0.194 e. The molecule has 0 aliphatic heterocycles. The number of thioether (sulfide) groups is 1. The van der Waals surface area contributed by atoms with E-state index >= 15 is 0 Å². The van der Waals surface area contributed by atoms with Crippen molar-refractivity contribution in [3.05, 3.63) is 23.8 Å². The zero-order chi connectivity index (χ0) is 12.2. The van der Waals surface area contributed by atoms with E-state index in [0.29, 0.717) is 11.8 Å². The minimum absolute atomic E-state index is 0.207. The lowest BCUT2D eigenvalue weighted by atomic mass is 10.2. The molecule has 7 heteroatoms. The Kier molecular flexibility index (Phi) is 4.07. The van der Waals surface area contributed by atoms with Crippen LogP contribution in [0.2, 0.25) is 0 Å². The van der Waals surface area contributed by atoms with Gasteiger partial charge in [0.1, 0.15) is 5.40 Å². The highest BCUT2D eigenvalue weighted by Crippen LogP contribution is 2.38. The Balaban J connectivity index is 3.33. The average molecular weight is 260 g/mol. The number of rotatable bonds is 2. The molecule has 0 saturated heterocycles. The van der Waals surface area contributed by atoms with E-state index in [1.165, 1.54) is 6.07 Å². The summed E-state index contributed by atoms with van der Waals surface area (Å²) in [5.74, 6) is 0. The molecule has 82 valence electrons. The lowest BCUT2D eigenvalue weighted by Crippen LogP contribution is -2.05. The molecule has 0 aliphatic carbocycles. The van der Waals surface area contributed by atoms with Crippen molar-refractivity contribution < 1.29 is 13.2 Å². The maximum Gasteiger partial charge on any atom is 0.418 e. The predicted molar refractivity (Wildman–Crippen MR) is 57.6 cm³/mol. The van der Waals surface area contributed by atoms with Crippen LogP contribution >= 0.6 is 24.0 Å². The van der Waals surface area contributed by atoms with E-state index in [0.717, 1.165) is 12.1 Å². The third-order valence-electron chi connectivity index (χ3n) is 1.60. The maximum absolute atomic E-state index is 12.6. The average Bonchev–Trinajstić information content (AvgIpc) is 2.19. The number of thiocarbonyl (C=S) groups is 1. The highest BCUT2D eigenvalue weighted by atomic mass is 32.2. The Morgan fingerprint density at radius 1 is 1.38 bits per heavy atom. The van der Waals surface area contributed by atoms with Crippen LogP contribution < -0.4 is 0 Å². The maximum atomic E-state index is 12.6. The normalized spacial score (nSPS) is 10.4. The lowest BCUT2D eigenvalue weighted by Gasteiger charge is -2.09. The summed E-state index contributed by atoms with van der Waals surface area (Å²) in [5.41, 5.74) is -1.23. The van der Waals surface area contributed by atoms with E-state index < -0.39 is 11.7 Å². The van der Waals surface area contributed by atoms with Gasteiger partial charge < -0.3 is 0 Å². The third kappa shape index (κ3) is 3.07. The topological polar surface area (TPSA) is 36.1 Å². The van der Waals surface area contributed by atoms with E-state index in [4.69, 9.17) is 5.26 Å². The summed E-state index contributed by atoms with van der Waals surface area (Å²) in [4.78, 5) is 3.53. The molecule has 0 saturated carbocycles. The van der Waals surface area contributed by atoms with Crippen molar-refractivity contribution in [1.82, 2.24) is 0 Å². The smallest absolute Gasteiger partial charge is 0.194 e. The molecule has 0 aliphatic rings. The first-order valence-electron chi connectivity index (χ1n) is 3.84. The second-order valence-corrected chi connectivity index (χ2v) is 3.61. The molecule has 16 heavy (non-hydrogen) atoms. The molecule has 1 aromatic rings. The van der Waals surface area contributed by atoms with Crippen molar-refractivity contribution >= 4 is 34.8 Å². The van der Waals surface area contributed by atoms with Gasteiger partial charge >= 0.3 is 6.18 Å². The summed E-state index contributed by atoms with van der Waals surface area (Å²) < 4.78 is 37.7. The monoisotopic (exact) mass is 260 g/mol. The molecule has 0 spiro atoms. The van der Waals surface area contributed by atoms with E-state index in [1.54, 1.807) is 5.40 Å². The summed E-state index contributed by atoms with van der Waals surface area (Å²) >= 11 is 4.91. The number of hydrogen-bond donors (Lipinski definition) is 0. The van der Waals surface area contributed by atoms with Crippen LogP contribution in [0.1, 0.15) is 5.56 Å². The van der Waals surface area contributed by atoms with Crippen LogP contribution in [-0.4, -0.2) is 5.16 Å². The van der Waals surface area contributed by atoms with E-state index in [1.807, 2.05) is 5.16 Å². The van der Waals surface area contributed by atoms with Gasteiger partial charge in [0.15, 0.2) is 0 Å². The van der Waals surface area contributed by atoms with Crippen LogP contribution in [0.15, 0.2) is 28.1 Å². The zero-order valence-corrected chi connectivity index (χ0v) is 9.21.